The number of nitrogens with one attached hydrogen (secondary N) is 1. The van der Waals surface area contributed by atoms with E-state index in [1.165, 1.54) is 0 Å². The van der Waals surface area contributed by atoms with Crippen molar-refractivity contribution in [1.82, 2.24) is 14.9 Å². The van der Waals surface area contributed by atoms with Crippen molar-refractivity contribution in [3.05, 3.63) is 66.5 Å². The van der Waals surface area contributed by atoms with Crippen LogP contribution in [0.4, 0.5) is 0 Å². The fourth-order valence-electron chi connectivity index (χ4n) is 3.16. The van der Waals surface area contributed by atoms with Gasteiger partial charge in [0.15, 0.2) is 5.82 Å². The van der Waals surface area contributed by atoms with Crippen LogP contribution in [0.5, 0.6) is 0 Å². The molecule has 0 radical (unpaired) electrons. The first-order valence-electron chi connectivity index (χ1n) is 8.33. The van der Waals surface area contributed by atoms with Crippen molar-refractivity contribution in [3.8, 4) is 22.5 Å². The molecule has 120 valence electrons. The molecule has 0 aliphatic carbocycles. The van der Waals surface area contributed by atoms with E-state index in [0.717, 1.165) is 48.4 Å². The zero-order valence-electron chi connectivity index (χ0n) is 13.4. The number of hydrogen-bond donors (Lipinski definition) is 1. The average Bonchev–Trinajstić information content (AvgIpc) is 3.33. The number of hydrogen-bond acceptors (Lipinski definition) is 2. The van der Waals surface area contributed by atoms with Crippen molar-refractivity contribution in [2.45, 2.75) is 12.8 Å². The van der Waals surface area contributed by atoms with Crippen LogP contribution in [-0.4, -0.2) is 33.9 Å². The number of carbonyl (C=O) groups is 1. The molecule has 0 unspecified atom stereocenters. The van der Waals surface area contributed by atoms with Gasteiger partial charge in [-0.25, -0.2) is 4.98 Å². The number of amides is 1. The topological polar surface area (TPSA) is 49.0 Å². The van der Waals surface area contributed by atoms with E-state index in [9.17, 15) is 4.79 Å². The highest BCUT2D eigenvalue weighted by atomic mass is 16.2. The molecule has 3 aromatic rings. The molecule has 1 amide bonds. The lowest BCUT2D eigenvalue weighted by Crippen LogP contribution is -2.28. The van der Waals surface area contributed by atoms with Gasteiger partial charge in [0, 0.05) is 24.2 Å². The van der Waals surface area contributed by atoms with Crippen LogP contribution in [-0.2, 0) is 0 Å². The van der Waals surface area contributed by atoms with Crippen LogP contribution in [0.1, 0.15) is 23.5 Å². The highest BCUT2D eigenvalue weighted by Gasteiger charge is 2.24. The first kappa shape index (κ1) is 14.7. The molecule has 1 aliphatic rings. The summed E-state index contributed by atoms with van der Waals surface area (Å²) < 4.78 is 0. The minimum atomic E-state index is -0.00753. The Bertz CT molecular complexity index is 777. The van der Waals surface area contributed by atoms with Crippen molar-refractivity contribution in [2.75, 3.05) is 13.1 Å². The molecule has 4 nitrogen and oxygen atoms in total. The Morgan fingerprint density at radius 1 is 0.875 bits per heavy atom. The van der Waals surface area contributed by atoms with Gasteiger partial charge in [-0.05, 0) is 12.8 Å². The molecule has 1 aromatic heterocycles. The first-order chi connectivity index (χ1) is 11.8. The third kappa shape index (κ3) is 2.71. The maximum atomic E-state index is 12.7. The Kier molecular flexibility index (Phi) is 3.87. The number of carbonyl (C=O) groups excluding carboxylic acids is 1. The van der Waals surface area contributed by atoms with Crippen molar-refractivity contribution < 1.29 is 4.79 Å². The normalized spacial score (nSPS) is 14.1. The zero-order valence-corrected chi connectivity index (χ0v) is 13.4. The second kappa shape index (κ2) is 6.32. The van der Waals surface area contributed by atoms with E-state index in [2.05, 4.69) is 9.97 Å². The zero-order chi connectivity index (χ0) is 16.4. The van der Waals surface area contributed by atoms with E-state index in [0.29, 0.717) is 5.82 Å². The SMILES string of the molecule is O=C(c1nc(-c2ccccc2)c(-c2ccccc2)[nH]1)N1CCCC1. The highest BCUT2D eigenvalue weighted by molar-refractivity contribution is 5.93. The summed E-state index contributed by atoms with van der Waals surface area (Å²) in [6.07, 6.45) is 2.15. The molecule has 1 N–H and O–H groups in total. The van der Waals surface area contributed by atoms with E-state index in [4.69, 9.17) is 0 Å². The first-order valence-corrected chi connectivity index (χ1v) is 8.33. The molecular weight excluding hydrogens is 298 g/mol. The highest BCUT2D eigenvalue weighted by Crippen LogP contribution is 2.30. The average molecular weight is 317 g/mol. The summed E-state index contributed by atoms with van der Waals surface area (Å²) in [5.41, 5.74) is 3.76. The van der Waals surface area contributed by atoms with Crippen LogP contribution in [0.15, 0.2) is 60.7 Å². The minimum Gasteiger partial charge on any atom is -0.336 e. The summed E-state index contributed by atoms with van der Waals surface area (Å²) in [6, 6.07) is 20.0. The number of aromatic amines is 1. The molecule has 1 aliphatic heterocycles. The lowest BCUT2D eigenvalue weighted by atomic mass is 10.1. The molecule has 0 spiro atoms. The molecule has 0 atom stereocenters. The van der Waals surface area contributed by atoms with Gasteiger partial charge in [0.25, 0.3) is 5.91 Å². The standard InChI is InChI=1S/C20H19N3O/c24-20(23-13-7-8-14-23)19-21-17(15-9-3-1-4-10-15)18(22-19)16-11-5-2-6-12-16/h1-6,9-12H,7-8,13-14H2,(H,21,22). The van der Waals surface area contributed by atoms with E-state index >= 15 is 0 Å². The van der Waals surface area contributed by atoms with Crippen LogP contribution < -0.4 is 0 Å². The predicted molar refractivity (Wildman–Crippen MR) is 94.6 cm³/mol. The molecule has 0 saturated carbocycles. The molecule has 0 bridgehead atoms. The summed E-state index contributed by atoms with van der Waals surface area (Å²) in [4.78, 5) is 22.5. The number of aromatic nitrogens is 2. The van der Waals surface area contributed by atoms with Gasteiger partial charge in [-0.3, -0.25) is 4.79 Å². The number of rotatable bonds is 3. The van der Waals surface area contributed by atoms with Gasteiger partial charge < -0.3 is 9.88 Å². The predicted octanol–water partition coefficient (Wildman–Crippen LogP) is 3.98. The summed E-state index contributed by atoms with van der Waals surface area (Å²) in [6.45, 7) is 1.64. The van der Waals surface area contributed by atoms with Gasteiger partial charge in [0.1, 0.15) is 0 Å². The van der Waals surface area contributed by atoms with E-state index in [-0.39, 0.29) is 5.91 Å². The quantitative estimate of drug-likeness (QED) is 0.794. The minimum absolute atomic E-state index is 0.00753. The molecule has 2 aromatic carbocycles. The third-order valence-electron chi connectivity index (χ3n) is 4.41. The fraction of sp³-hybridized carbons (Fsp3) is 0.200. The van der Waals surface area contributed by atoms with Crippen LogP contribution in [0.2, 0.25) is 0 Å². The van der Waals surface area contributed by atoms with Gasteiger partial charge >= 0.3 is 0 Å². The molecular formula is C20H19N3O. The van der Waals surface area contributed by atoms with Crippen LogP contribution in [0.25, 0.3) is 22.5 Å². The van der Waals surface area contributed by atoms with Crippen LogP contribution in [0.3, 0.4) is 0 Å². The van der Waals surface area contributed by atoms with Gasteiger partial charge in [-0.15, -0.1) is 0 Å². The van der Waals surface area contributed by atoms with Crippen molar-refractivity contribution in [1.29, 1.82) is 0 Å². The second-order valence-corrected chi connectivity index (χ2v) is 6.04. The van der Waals surface area contributed by atoms with Crippen molar-refractivity contribution >= 4 is 5.91 Å². The molecule has 24 heavy (non-hydrogen) atoms. The fourth-order valence-corrected chi connectivity index (χ4v) is 3.16. The number of H-pyrrole nitrogens is 1. The van der Waals surface area contributed by atoms with E-state index in [1.54, 1.807) is 0 Å². The maximum Gasteiger partial charge on any atom is 0.289 e. The van der Waals surface area contributed by atoms with Crippen LogP contribution in [0, 0.1) is 0 Å². The van der Waals surface area contributed by atoms with Gasteiger partial charge in [0.2, 0.25) is 0 Å². The third-order valence-corrected chi connectivity index (χ3v) is 4.41. The molecule has 1 saturated heterocycles. The van der Waals surface area contributed by atoms with Crippen LogP contribution >= 0.6 is 0 Å². The Morgan fingerprint density at radius 2 is 1.46 bits per heavy atom. The van der Waals surface area contributed by atoms with E-state index < -0.39 is 0 Å². The summed E-state index contributed by atoms with van der Waals surface area (Å²) >= 11 is 0. The lowest BCUT2D eigenvalue weighted by Gasteiger charge is -2.12. The van der Waals surface area contributed by atoms with E-state index in [1.807, 2.05) is 65.6 Å². The number of benzene rings is 2. The largest absolute Gasteiger partial charge is 0.336 e. The number of imidazole rings is 1. The molecule has 1 fully saturated rings. The van der Waals surface area contributed by atoms with Gasteiger partial charge in [0.05, 0.1) is 11.4 Å². The van der Waals surface area contributed by atoms with Crippen molar-refractivity contribution in [3.63, 3.8) is 0 Å². The monoisotopic (exact) mass is 317 g/mol. The molecule has 4 rings (SSSR count). The summed E-state index contributed by atoms with van der Waals surface area (Å²) in [5, 5.41) is 0. The number of likely N-dealkylation sites (tertiary alicyclic amines) is 1. The smallest absolute Gasteiger partial charge is 0.289 e. The summed E-state index contributed by atoms with van der Waals surface area (Å²) in [5.74, 6) is 0.418. The second-order valence-electron chi connectivity index (χ2n) is 6.04. The molecule has 2 heterocycles. The number of nitrogens with zero attached hydrogens (tertiary/aromatic N) is 2. The van der Waals surface area contributed by atoms with Gasteiger partial charge in [-0.2, -0.15) is 0 Å². The van der Waals surface area contributed by atoms with Gasteiger partial charge in [-0.1, -0.05) is 60.7 Å². The van der Waals surface area contributed by atoms with Crippen molar-refractivity contribution in [2.24, 2.45) is 0 Å². The summed E-state index contributed by atoms with van der Waals surface area (Å²) in [7, 11) is 0. The Labute approximate surface area is 141 Å². The molecule has 4 heteroatoms. The maximum absolute atomic E-state index is 12.7. The Hall–Kier alpha value is -2.88. The Morgan fingerprint density at radius 3 is 2.08 bits per heavy atom. The lowest BCUT2D eigenvalue weighted by molar-refractivity contribution is 0.0782. The Balaban J connectivity index is 1.80.